The van der Waals surface area contributed by atoms with E-state index in [1.165, 1.54) is 4.31 Å². The molecule has 3 rings (SSSR count). The van der Waals surface area contributed by atoms with Gasteiger partial charge in [0.05, 0.1) is 4.90 Å². The van der Waals surface area contributed by atoms with E-state index < -0.39 is 10.0 Å². The van der Waals surface area contributed by atoms with Crippen LogP contribution >= 0.6 is 15.9 Å². The number of benzene rings is 2. The van der Waals surface area contributed by atoms with Gasteiger partial charge in [0, 0.05) is 23.5 Å². The van der Waals surface area contributed by atoms with Crippen molar-refractivity contribution in [2.45, 2.75) is 18.7 Å². The Labute approximate surface area is 169 Å². The van der Waals surface area contributed by atoms with Crippen LogP contribution in [0.2, 0.25) is 0 Å². The molecule has 1 aliphatic rings. The van der Waals surface area contributed by atoms with Gasteiger partial charge in [-0.05, 0) is 49.3 Å². The summed E-state index contributed by atoms with van der Waals surface area (Å²) in [6.07, 6.45) is 1.90. The maximum absolute atomic E-state index is 13.0. The Morgan fingerprint density at radius 2 is 1.89 bits per heavy atom. The van der Waals surface area contributed by atoms with Crippen LogP contribution in [0.4, 0.5) is 0 Å². The third kappa shape index (κ3) is 4.33. The highest BCUT2D eigenvalue weighted by molar-refractivity contribution is 9.10. The highest BCUT2D eigenvalue weighted by atomic mass is 79.9. The molecule has 5 heteroatoms. The average Bonchev–Trinajstić information content (AvgIpc) is 3.07. The minimum atomic E-state index is -3.54. The summed E-state index contributed by atoms with van der Waals surface area (Å²) >= 11 is 3.53. The number of sulfonamides is 1. The molecular formula is C22H22BrNO2S. The predicted molar refractivity (Wildman–Crippen MR) is 114 cm³/mol. The average molecular weight is 444 g/mol. The third-order valence-corrected chi connectivity index (χ3v) is 7.27. The zero-order valence-electron chi connectivity index (χ0n) is 15.4. The van der Waals surface area contributed by atoms with E-state index >= 15 is 0 Å². The molecule has 1 heterocycles. The Kier molecular flexibility index (Phi) is 5.87. The molecule has 0 amide bonds. The molecule has 1 fully saturated rings. The summed E-state index contributed by atoms with van der Waals surface area (Å²) < 4.78 is 28.6. The number of nitrogens with zero attached hydrogens (tertiary/aromatic N) is 1. The van der Waals surface area contributed by atoms with Crippen LogP contribution in [0.1, 0.15) is 18.1 Å². The highest BCUT2D eigenvalue weighted by Gasteiger charge is 2.36. The molecule has 0 saturated carbocycles. The van der Waals surface area contributed by atoms with Crippen LogP contribution in [0.15, 0.2) is 81.4 Å². The SMILES string of the molecule is C=C(C)C1CN(S(=O)(=O)c2ccc(C)cc2)CC1=C=Cc1ccccc1Br. The maximum Gasteiger partial charge on any atom is 0.243 e. The van der Waals surface area contributed by atoms with Crippen LogP contribution in [-0.4, -0.2) is 25.8 Å². The van der Waals surface area contributed by atoms with E-state index in [0.29, 0.717) is 18.0 Å². The van der Waals surface area contributed by atoms with Gasteiger partial charge in [0.15, 0.2) is 0 Å². The van der Waals surface area contributed by atoms with Crippen molar-refractivity contribution in [3.05, 3.63) is 87.6 Å². The minimum absolute atomic E-state index is 0.0241. The fourth-order valence-corrected chi connectivity index (χ4v) is 4.91. The van der Waals surface area contributed by atoms with Crippen LogP contribution < -0.4 is 0 Å². The van der Waals surface area contributed by atoms with Gasteiger partial charge >= 0.3 is 0 Å². The fraction of sp³-hybridized carbons (Fsp3) is 0.227. The van der Waals surface area contributed by atoms with E-state index in [1.807, 2.05) is 56.3 Å². The van der Waals surface area contributed by atoms with E-state index in [1.54, 1.807) is 12.1 Å². The van der Waals surface area contributed by atoms with Crippen molar-refractivity contribution < 1.29 is 8.42 Å². The Hall–Kier alpha value is -1.91. The van der Waals surface area contributed by atoms with Crippen molar-refractivity contribution in [1.82, 2.24) is 4.31 Å². The summed E-state index contributed by atoms with van der Waals surface area (Å²) in [7, 11) is -3.54. The van der Waals surface area contributed by atoms with Gasteiger partial charge in [-0.2, -0.15) is 4.31 Å². The summed E-state index contributed by atoms with van der Waals surface area (Å²) in [6, 6.07) is 14.8. The highest BCUT2D eigenvalue weighted by Crippen LogP contribution is 2.32. The predicted octanol–water partition coefficient (Wildman–Crippen LogP) is 5.19. The lowest BCUT2D eigenvalue weighted by Gasteiger charge is -2.16. The van der Waals surface area contributed by atoms with Crippen LogP contribution in [0, 0.1) is 12.8 Å². The Morgan fingerprint density at radius 3 is 2.52 bits per heavy atom. The van der Waals surface area contributed by atoms with Crippen LogP contribution in [0.25, 0.3) is 6.08 Å². The molecule has 3 nitrogen and oxygen atoms in total. The summed E-state index contributed by atoms with van der Waals surface area (Å²) in [5.74, 6) is -0.0241. The van der Waals surface area contributed by atoms with Gasteiger partial charge in [0.1, 0.15) is 0 Å². The summed E-state index contributed by atoms with van der Waals surface area (Å²) in [6.45, 7) is 8.66. The molecule has 1 saturated heterocycles. The number of rotatable bonds is 4. The fourth-order valence-electron chi connectivity index (χ4n) is 3.08. The smallest absolute Gasteiger partial charge is 0.207 e. The molecule has 140 valence electrons. The van der Waals surface area contributed by atoms with Gasteiger partial charge in [-0.15, -0.1) is 5.73 Å². The van der Waals surface area contributed by atoms with Crippen LogP contribution in [-0.2, 0) is 10.0 Å². The van der Waals surface area contributed by atoms with E-state index in [0.717, 1.165) is 26.7 Å². The monoisotopic (exact) mass is 443 g/mol. The van der Waals surface area contributed by atoms with Crippen molar-refractivity contribution in [1.29, 1.82) is 0 Å². The second kappa shape index (κ2) is 7.99. The normalized spacial score (nSPS) is 17.6. The number of hydrogen-bond donors (Lipinski definition) is 0. The molecule has 2 aromatic carbocycles. The molecule has 1 aliphatic heterocycles. The largest absolute Gasteiger partial charge is 0.243 e. The topological polar surface area (TPSA) is 37.4 Å². The van der Waals surface area contributed by atoms with Gasteiger partial charge in [-0.1, -0.05) is 64.0 Å². The first-order valence-electron chi connectivity index (χ1n) is 8.71. The summed E-state index contributed by atoms with van der Waals surface area (Å²) in [4.78, 5) is 0.324. The van der Waals surface area contributed by atoms with Crippen molar-refractivity contribution in [2.24, 2.45) is 5.92 Å². The van der Waals surface area contributed by atoms with Crippen molar-refractivity contribution in [2.75, 3.05) is 13.1 Å². The lowest BCUT2D eigenvalue weighted by atomic mass is 9.96. The molecule has 0 aromatic heterocycles. The zero-order valence-corrected chi connectivity index (χ0v) is 17.8. The van der Waals surface area contributed by atoms with Gasteiger partial charge in [0.2, 0.25) is 10.0 Å². The Bertz CT molecular complexity index is 1030. The molecule has 27 heavy (non-hydrogen) atoms. The molecule has 0 aliphatic carbocycles. The van der Waals surface area contributed by atoms with Gasteiger partial charge in [0.25, 0.3) is 0 Å². The van der Waals surface area contributed by atoms with Crippen molar-refractivity contribution in [3.8, 4) is 0 Å². The van der Waals surface area contributed by atoms with E-state index in [9.17, 15) is 8.42 Å². The molecular weight excluding hydrogens is 422 g/mol. The molecule has 0 radical (unpaired) electrons. The number of hydrogen-bond acceptors (Lipinski definition) is 2. The van der Waals surface area contributed by atoms with Gasteiger partial charge in [-0.3, -0.25) is 0 Å². The zero-order chi connectivity index (χ0) is 19.6. The lowest BCUT2D eigenvalue weighted by molar-refractivity contribution is 0.468. The van der Waals surface area contributed by atoms with E-state index in [-0.39, 0.29) is 5.92 Å². The van der Waals surface area contributed by atoms with Crippen molar-refractivity contribution >= 4 is 32.0 Å². The second-order valence-corrected chi connectivity index (χ2v) is 9.64. The first kappa shape index (κ1) is 19.8. The third-order valence-electron chi connectivity index (χ3n) is 4.73. The number of aryl methyl sites for hydroxylation is 1. The Balaban J connectivity index is 1.95. The molecule has 1 unspecified atom stereocenters. The first-order valence-corrected chi connectivity index (χ1v) is 10.9. The summed E-state index contributed by atoms with van der Waals surface area (Å²) in [5.41, 5.74) is 7.25. The van der Waals surface area contributed by atoms with Gasteiger partial charge < -0.3 is 0 Å². The van der Waals surface area contributed by atoms with E-state index in [4.69, 9.17) is 0 Å². The van der Waals surface area contributed by atoms with Crippen molar-refractivity contribution in [3.63, 3.8) is 0 Å². The molecule has 1 atom stereocenters. The first-order chi connectivity index (χ1) is 12.8. The quantitative estimate of drug-likeness (QED) is 0.481. The standard InChI is InChI=1S/C22H22BrNO2S/c1-16(2)21-15-24(27(25,26)20-12-8-17(3)9-13-20)14-19(21)11-10-18-6-4-5-7-22(18)23/h4-10,12-13,21H,1,14-15H2,2-3H3. The van der Waals surface area contributed by atoms with Crippen LogP contribution in [0.5, 0.6) is 0 Å². The minimum Gasteiger partial charge on any atom is -0.207 e. The molecule has 0 bridgehead atoms. The second-order valence-electron chi connectivity index (χ2n) is 6.84. The summed E-state index contributed by atoms with van der Waals surface area (Å²) in [5, 5.41) is 0. The lowest BCUT2D eigenvalue weighted by Crippen LogP contribution is -2.29. The van der Waals surface area contributed by atoms with E-state index in [2.05, 4.69) is 28.2 Å². The maximum atomic E-state index is 13.0. The number of halogens is 1. The molecule has 2 aromatic rings. The Morgan fingerprint density at radius 1 is 1.22 bits per heavy atom. The molecule has 0 N–H and O–H groups in total. The molecule has 0 spiro atoms. The van der Waals surface area contributed by atoms with Gasteiger partial charge in [-0.25, -0.2) is 8.42 Å². The van der Waals surface area contributed by atoms with Crippen LogP contribution in [0.3, 0.4) is 0 Å².